The fraction of sp³-hybridized carbons (Fsp3) is 0.391. The second kappa shape index (κ2) is 8.85. The van der Waals surface area contributed by atoms with Gasteiger partial charge in [-0.3, -0.25) is 4.90 Å². The first-order valence-electron chi connectivity index (χ1n) is 9.28. The predicted octanol–water partition coefficient (Wildman–Crippen LogP) is 4.24. The van der Waals surface area contributed by atoms with Crippen LogP contribution in [0.2, 0.25) is 0 Å². The van der Waals surface area contributed by atoms with Crippen LogP contribution in [-0.2, 0) is 17.6 Å². The molecule has 3 rings (SSSR count). The highest BCUT2D eigenvalue weighted by molar-refractivity contribution is 5.43. The summed E-state index contributed by atoms with van der Waals surface area (Å²) in [5.74, 6) is 6.44. The minimum absolute atomic E-state index is 0.0161. The highest BCUT2D eigenvalue weighted by Gasteiger charge is 2.23. The van der Waals surface area contributed by atoms with Gasteiger partial charge in [0.25, 0.3) is 0 Å². The first-order chi connectivity index (χ1) is 12.3. The molecule has 25 heavy (non-hydrogen) atoms. The standard InChI is InChI=1S/C23H27NO/c1-3-24(4-2)17-9-10-18-25-23-21-13-7-5-11-19(21)15-16-20-12-6-8-14-22(20)23/h5-8,11-14,23H,3-4,15-18H2,1-2H3. The summed E-state index contributed by atoms with van der Waals surface area (Å²) in [4.78, 5) is 2.31. The molecule has 0 radical (unpaired) electrons. The lowest BCUT2D eigenvalue weighted by Crippen LogP contribution is -2.22. The average Bonchev–Trinajstić information content (AvgIpc) is 2.82. The van der Waals surface area contributed by atoms with E-state index >= 15 is 0 Å². The van der Waals surface area contributed by atoms with Gasteiger partial charge in [0.05, 0.1) is 6.54 Å². The van der Waals surface area contributed by atoms with Crippen molar-refractivity contribution in [2.24, 2.45) is 0 Å². The Labute approximate surface area is 151 Å². The maximum atomic E-state index is 6.27. The molecular formula is C23H27NO. The molecule has 0 unspecified atom stereocenters. The number of rotatable bonds is 5. The molecule has 1 aliphatic rings. The molecule has 0 saturated carbocycles. The molecule has 0 N–H and O–H groups in total. The summed E-state index contributed by atoms with van der Waals surface area (Å²) in [7, 11) is 0. The zero-order chi connectivity index (χ0) is 17.5. The third-order valence-corrected chi connectivity index (χ3v) is 4.98. The van der Waals surface area contributed by atoms with E-state index < -0.39 is 0 Å². The Kier molecular flexibility index (Phi) is 6.28. The van der Waals surface area contributed by atoms with Crippen LogP contribution in [0.3, 0.4) is 0 Å². The van der Waals surface area contributed by atoms with Gasteiger partial charge in [-0.25, -0.2) is 0 Å². The van der Waals surface area contributed by atoms with Crippen LogP contribution in [0.1, 0.15) is 42.2 Å². The number of nitrogens with zero attached hydrogens (tertiary/aromatic N) is 1. The van der Waals surface area contributed by atoms with E-state index in [1.165, 1.54) is 22.3 Å². The summed E-state index contributed by atoms with van der Waals surface area (Å²) in [5, 5.41) is 0. The van der Waals surface area contributed by atoms with E-state index in [-0.39, 0.29) is 6.10 Å². The number of hydrogen-bond donors (Lipinski definition) is 0. The fourth-order valence-electron chi connectivity index (χ4n) is 3.44. The van der Waals surface area contributed by atoms with E-state index in [9.17, 15) is 0 Å². The Morgan fingerprint density at radius 3 is 2.00 bits per heavy atom. The third-order valence-electron chi connectivity index (χ3n) is 4.98. The van der Waals surface area contributed by atoms with E-state index in [0.717, 1.165) is 32.5 Å². The van der Waals surface area contributed by atoms with Crippen molar-refractivity contribution < 1.29 is 4.74 Å². The van der Waals surface area contributed by atoms with Gasteiger partial charge >= 0.3 is 0 Å². The first kappa shape index (κ1) is 17.7. The molecule has 0 fully saturated rings. The number of ether oxygens (including phenoxy) is 1. The first-order valence-corrected chi connectivity index (χ1v) is 9.28. The Hall–Kier alpha value is -2.08. The van der Waals surface area contributed by atoms with Gasteiger partial charge in [0.1, 0.15) is 12.7 Å². The van der Waals surface area contributed by atoms with Crippen molar-refractivity contribution in [2.75, 3.05) is 26.2 Å². The Morgan fingerprint density at radius 2 is 1.44 bits per heavy atom. The second-order valence-electron chi connectivity index (χ2n) is 6.40. The van der Waals surface area contributed by atoms with Crippen LogP contribution in [0.25, 0.3) is 0 Å². The van der Waals surface area contributed by atoms with Gasteiger partial charge in [-0.2, -0.15) is 0 Å². The highest BCUT2D eigenvalue weighted by atomic mass is 16.5. The molecule has 2 aromatic carbocycles. The molecule has 0 amide bonds. The normalized spacial score (nSPS) is 13.6. The van der Waals surface area contributed by atoms with Crippen LogP contribution in [0.5, 0.6) is 0 Å². The van der Waals surface area contributed by atoms with E-state index in [1.54, 1.807) is 0 Å². The number of hydrogen-bond acceptors (Lipinski definition) is 2. The van der Waals surface area contributed by atoms with Gasteiger partial charge < -0.3 is 4.74 Å². The largest absolute Gasteiger partial charge is 0.356 e. The molecule has 130 valence electrons. The van der Waals surface area contributed by atoms with Gasteiger partial charge in [-0.05, 0) is 48.2 Å². The summed E-state index contributed by atoms with van der Waals surface area (Å²) in [6, 6.07) is 17.3. The van der Waals surface area contributed by atoms with Crippen LogP contribution in [0.4, 0.5) is 0 Å². The summed E-state index contributed by atoms with van der Waals surface area (Å²) in [6.07, 6.45) is 2.12. The zero-order valence-electron chi connectivity index (χ0n) is 15.3. The van der Waals surface area contributed by atoms with Crippen molar-refractivity contribution in [3.8, 4) is 11.8 Å². The minimum atomic E-state index is -0.0161. The summed E-state index contributed by atoms with van der Waals surface area (Å²) in [6.45, 7) is 7.69. The molecule has 2 aromatic rings. The van der Waals surface area contributed by atoms with Crippen molar-refractivity contribution >= 4 is 0 Å². The topological polar surface area (TPSA) is 12.5 Å². The smallest absolute Gasteiger partial charge is 0.109 e. The van der Waals surface area contributed by atoms with E-state index in [0.29, 0.717) is 6.61 Å². The van der Waals surface area contributed by atoms with Crippen molar-refractivity contribution in [3.05, 3.63) is 70.8 Å². The zero-order valence-corrected chi connectivity index (χ0v) is 15.3. The molecule has 0 spiro atoms. The SMILES string of the molecule is CCN(CC)CC#CCOC1c2ccccc2CCc2ccccc21. The van der Waals surface area contributed by atoms with Crippen LogP contribution < -0.4 is 0 Å². The van der Waals surface area contributed by atoms with Gasteiger partial charge in [-0.15, -0.1) is 0 Å². The van der Waals surface area contributed by atoms with E-state index in [1.807, 2.05) is 0 Å². The van der Waals surface area contributed by atoms with Crippen LogP contribution >= 0.6 is 0 Å². The summed E-state index contributed by atoms with van der Waals surface area (Å²) >= 11 is 0. The fourth-order valence-corrected chi connectivity index (χ4v) is 3.44. The minimum Gasteiger partial charge on any atom is -0.356 e. The molecular weight excluding hydrogens is 306 g/mol. The second-order valence-corrected chi connectivity index (χ2v) is 6.40. The highest BCUT2D eigenvalue weighted by Crippen LogP contribution is 2.34. The molecule has 0 atom stereocenters. The van der Waals surface area contributed by atoms with Crippen LogP contribution in [0.15, 0.2) is 48.5 Å². The molecule has 2 nitrogen and oxygen atoms in total. The lowest BCUT2D eigenvalue weighted by Gasteiger charge is -2.20. The van der Waals surface area contributed by atoms with Crippen molar-refractivity contribution in [1.29, 1.82) is 0 Å². The molecule has 2 heteroatoms. The summed E-state index contributed by atoms with van der Waals surface area (Å²) < 4.78 is 6.27. The van der Waals surface area contributed by atoms with Gasteiger partial charge in [0, 0.05) is 0 Å². The third kappa shape index (κ3) is 4.31. The molecule has 0 aromatic heterocycles. The molecule has 0 bridgehead atoms. The maximum absolute atomic E-state index is 6.27. The van der Waals surface area contributed by atoms with Crippen molar-refractivity contribution in [1.82, 2.24) is 4.90 Å². The van der Waals surface area contributed by atoms with E-state index in [2.05, 4.69) is 79.1 Å². The van der Waals surface area contributed by atoms with Crippen molar-refractivity contribution in [3.63, 3.8) is 0 Å². The lowest BCUT2D eigenvalue weighted by molar-refractivity contribution is 0.108. The van der Waals surface area contributed by atoms with Crippen LogP contribution in [-0.4, -0.2) is 31.1 Å². The number of fused-ring (bicyclic) bond motifs is 2. The monoisotopic (exact) mass is 333 g/mol. The quantitative estimate of drug-likeness (QED) is 0.759. The molecule has 0 aliphatic heterocycles. The van der Waals surface area contributed by atoms with Gasteiger partial charge in [0.2, 0.25) is 0 Å². The van der Waals surface area contributed by atoms with E-state index in [4.69, 9.17) is 4.74 Å². The van der Waals surface area contributed by atoms with Gasteiger partial charge in [0.15, 0.2) is 0 Å². The lowest BCUT2D eigenvalue weighted by atomic mass is 9.97. The number of aryl methyl sites for hydroxylation is 2. The summed E-state index contributed by atoms with van der Waals surface area (Å²) in [5.41, 5.74) is 5.36. The Morgan fingerprint density at radius 1 is 0.880 bits per heavy atom. The Balaban J connectivity index is 1.77. The Bertz CT molecular complexity index is 704. The number of benzene rings is 2. The average molecular weight is 333 g/mol. The van der Waals surface area contributed by atoms with Gasteiger partial charge in [-0.1, -0.05) is 74.2 Å². The van der Waals surface area contributed by atoms with Crippen LogP contribution in [0, 0.1) is 11.8 Å². The molecule has 0 heterocycles. The maximum Gasteiger partial charge on any atom is 0.109 e. The molecule has 1 aliphatic carbocycles. The predicted molar refractivity (Wildman–Crippen MR) is 104 cm³/mol. The molecule has 0 saturated heterocycles. The van der Waals surface area contributed by atoms with Crippen molar-refractivity contribution in [2.45, 2.75) is 32.8 Å².